The summed E-state index contributed by atoms with van der Waals surface area (Å²) >= 11 is 2.87. The second kappa shape index (κ2) is 4.33. The van der Waals surface area contributed by atoms with E-state index >= 15 is 0 Å². The van der Waals surface area contributed by atoms with Gasteiger partial charge in [0.05, 0.1) is 10.6 Å². The summed E-state index contributed by atoms with van der Waals surface area (Å²) in [5, 5.41) is 9.55. The normalized spacial score (nSPS) is 15.3. The Labute approximate surface area is 88.9 Å². The molecule has 0 aliphatic carbocycles. The van der Waals surface area contributed by atoms with Crippen LogP contribution in [0.25, 0.3) is 0 Å². The molecule has 0 radical (unpaired) electrons. The molecule has 0 aliphatic heterocycles. The Morgan fingerprint density at radius 2 is 2.00 bits per heavy atom. The summed E-state index contributed by atoms with van der Waals surface area (Å²) < 4.78 is 25.7. The van der Waals surface area contributed by atoms with E-state index in [0.29, 0.717) is 0 Å². The Morgan fingerprint density at radius 1 is 1.43 bits per heavy atom. The minimum absolute atomic E-state index is 0.0812. The standard InChI is InChI=1S/C9H10BrF2NO/c1-4(13)9(14)5-2-3-6(11)8(12)7(5)10/h2-4,9,14H,13H2,1H3. The van der Waals surface area contributed by atoms with Crippen molar-refractivity contribution in [3.63, 3.8) is 0 Å². The first-order valence-electron chi connectivity index (χ1n) is 4.02. The predicted molar refractivity (Wildman–Crippen MR) is 52.7 cm³/mol. The summed E-state index contributed by atoms with van der Waals surface area (Å²) in [6, 6.07) is 1.72. The first-order valence-corrected chi connectivity index (χ1v) is 4.81. The number of rotatable bonds is 2. The third-order valence-corrected chi connectivity index (χ3v) is 2.69. The van der Waals surface area contributed by atoms with Crippen molar-refractivity contribution in [2.75, 3.05) is 0 Å². The van der Waals surface area contributed by atoms with Crippen LogP contribution in [0.4, 0.5) is 8.78 Å². The zero-order chi connectivity index (χ0) is 10.9. The van der Waals surface area contributed by atoms with Crippen molar-refractivity contribution in [3.8, 4) is 0 Å². The topological polar surface area (TPSA) is 46.2 Å². The molecule has 2 unspecified atom stereocenters. The molecule has 1 aromatic rings. The first kappa shape index (κ1) is 11.6. The molecule has 1 aromatic carbocycles. The molecular formula is C9H10BrF2NO. The number of benzene rings is 1. The van der Waals surface area contributed by atoms with Crippen LogP contribution < -0.4 is 5.73 Å². The summed E-state index contributed by atoms with van der Waals surface area (Å²) in [7, 11) is 0. The van der Waals surface area contributed by atoms with E-state index in [1.807, 2.05) is 0 Å². The van der Waals surface area contributed by atoms with Gasteiger partial charge in [-0.3, -0.25) is 0 Å². The predicted octanol–water partition coefficient (Wildman–Crippen LogP) is 2.11. The van der Waals surface area contributed by atoms with Crippen molar-refractivity contribution in [1.29, 1.82) is 0 Å². The van der Waals surface area contributed by atoms with Crippen LogP contribution in [0.2, 0.25) is 0 Å². The SMILES string of the molecule is CC(N)C(O)c1ccc(F)c(F)c1Br. The second-order valence-electron chi connectivity index (χ2n) is 3.07. The van der Waals surface area contributed by atoms with E-state index in [-0.39, 0.29) is 10.0 Å². The molecule has 3 N–H and O–H groups in total. The van der Waals surface area contributed by atoms with Crippen LogP contribution in [0.3, 0.4) is 0 Å². The third kappa shape index (κ3) is 2.10. The molecule has 0 spiro atoms. The lowest BCUT2D eigenvalue weighted by Gasteiger charge is -2.16. The largest absolute Gasteiger partial charge is 0.387 e. The van der Waals surface area contributed by atoms with E-state index in [9.17, 15) is 13.9 Å². The summed E-state index contributed by atoms with van der Waals surface area (Å²) in [4.78, 5) is 0. The van der Waals surface area contributed by atoms with E-state index in [1.165, 1.54) is 6.07 Å². The number of hydrogen-bond acceptors (Lipinski definition) is 2. The van der Waals surface area contributed by atoms with Crippen LogP contribution in [-0.4, -0.2) is 11.1 Å². The average molecular weight is 266 g/mol. The highest BCUT2D eigenvalue weighted by atomic mass is 79.9. The van der Waals surface area contributed by atoms with Gasteiger partial charge in [0.25, 0.3) is 0 Å². The highest BCUT2D eigenvalue weighted by Crippen LogP contribution is 2.28. The number of halogens is 3. The first-order chi connectivity index (χ1) is 6.45. The van der Waals surface area contributed by atoms with Gasteiger partial charge in [0.15, 0.2) is 11.6 Å². The summed E-state index contributed by atoms with van der Waals surface area (Å²) in [5.41, 5.74) is 5.69. The lowest BCUT2D eigenvalue weighted by molar-refractivity contribution is 0.152. The van der Waals surface area contributed by atoms with Gasteiger partial charge in [-0.25, -0.2) is 8.78 Å². The van der Waals surface area contributed by atoms with Gasteiger partial charge < -0.3 is 10.8 Å². The Kier molecular flexibility index (Phi) is 3.58. The molecule has 0 aliphatic rings. The Bertz CT molecular complexity index is 344. The van der Waals surface area contributed by atoms with Crippen LogP contribution >= 0.6 is 15.9 Å². The van der Waals surface area contributed by atoms with Gasteiger partial charge in [-0.2, -0.15) is 0 Å². The molecular weight excluding hydrogens is 256 g/mol. The van der Waals surface area contributed by atoms with E-state index in [1.54, 1.807) is 6.92 Å². The molecule has 78 valence electrons. The van der Waals surface area contributed by atoms with Gasteiger partial charge in [-0.15, -0.1) is 0 Å². The van der Waals surface area contributed by atoms with Crippen LogP contribution in [-0.2, 0) is 0 Å². The smallest absolute Gasteiger partial charge is 0.173 e. The van der Waals surface area contributed by atoms with Crippen LogP contribution in [0.15, 0.2) is 16.6 Å². The van der Waals surface area contributed by atoms with Crippen molar-refractivity contribution in [2.45, 2.75) is 19.1 Å². The van der Waals surface area contributed by atoms with Crippen molar-refractivity contribution in [2.24, 2.45) is 5.73 Å². The van der Waals surface area contributed by atoms with Gasteiger partial charge in [-0.1, -0.05) is 6.07 Å². The maximum atomic E-state index is 13.0. The van der Waals surface area contributed by atoms with Gasteiger partial charge in [0.1, 0.15) is 0 Å². The second-order valence-corrected chi connectivity index (χ2v) is 3.86. The summed E-state index contributed by atoms with van der Waals surface area (Å²) in [6.07, 6.45) is -1.01. The number of nitrogens with two attached hydrogens (primary N) is 1. The fourth-order valence-corrected chi connectivity index (χ4v) is 1.61. The Balaban J connectivity index is 3.17. The van der Waals surface area contributed by atoms with Crippen molar-refractivity contribution in [3.05, 3.63) is 33.8 Å². The molecule has 0 aromatic heterocycles. The van der Waals surface area contributed by atoms with Crippen molar-refractivity contribution >= 4 is 15.9 Å². The lowest BCUT2D eigenvalue weighted by Crippen LogP contribution is -2.24. The molecule has 0 amide bonds. The van der Waals surface area contributed by atoms with Crippen LogP contribution in [0.1, 0.15) is 18.6 Å². The molecule has 0 saturated carbocycles. The Hall–Kier alpha value is -0.520. The van der Waals surface area contributed by atoms with Crippen molar-refractivity contribution < 1.29 is 13.9 Å². The van der Waals surface area contributed by atoms with Gasteiger partial charge in [-0.05, 0) is 34.5 Å². The third-order valence-electron chi connectivity index (χ3n) is 1.88. The summed E-state index contributed by atoms with van der Waals surface area (Å²) in [5.74, 6) is -1.97. The quantitative estimate of drug-likeness (QED) is 0.805. The zero-order valence-corrected chi connectivity index (χ0v) is 9.05. The number of aliphatic hydroxyl groups excluding tert-OH is 1. The monoisotopic (exact) mass is 265 g/mol. The molecule has 0 bridgehead atoms. The molecule has 5 heteroatoms. The molecule has 14 heavy (non-hydrogen) atoms. The molecule has 2 nitrogen and oxygen atoms in total. The highest BCUT2D eigenvalue weighted by molar-refractivity contribution is 9.10. The number of aliphatic hydroxyl groups is 1. The fourth-order valence-electron chi connectivity index (χ4n) is 1.05. The molecule has 0 fully saturated rings. The van der Waals surface area contributed by atoms with E-state index in [2.05, 4.69) is 15.9 Å². The lowest BCUT2D eigenvalue weighted by atomic mass is 10.0. The minimum Gasteiger partial charge on any atom is -0.387 e. The minimum atomic E-state index is -1.01. The Morgan fingerprint density at radius 3 is 2.50 bits per heavy atom. The van der Waals surface area contributed by atoms with Crippen molar-refractivity contribution in [1.82, 2.24) is 0 Å². The maximum Gasteiger partial charge on any atom is 0.173 e. The van der Waals surface area contributed by atoms with Gasteiger partial charge >= 0.3 is 0 Å². The van der Waals surface area contributed by atoms with Crippen LogP contribution in [0.5, 0.6) is 0 Å². The maximum absolute atomic E-state index is 13.0. The van der Waals surface area contributed by atoms with Crippen LogP contribution in [0, 0.1) is 11.6 Å². The van der Waals surface area contributed by atoms with E-state index in [4.69, 9.17) is 5.73 Å². The molecule has 0 heterocycles. The molecule has 2 atom stereocenters. The zero-order valence-electron chi connectivity index (χ0n) is 7.47. The average Bonchev–Trinajstić information content (AvgIpc) is 2.13. The van der Waals surface area contributed by atoms with Gasteiger partial charge in [0, 0.05) is 6.04 Å². The molecule has 1 rings (SSSR count). The highest BCUT2D eigenvalue weighted by Gasteiger charge is 2.19. The van der Waals surface area contributed by atoms with Gasteiger partial charge in [0.2, 0.25) is 0 Å². The van der Waals surface area contributed by atoms with E-state index < -0.39 is 23.8 Å². The number of hydrogen-bond donors (Lipinski definition) is 2. The molecule has 0 saturated heterocycles. The van der Waals surface area contributed by atoms with E-state index in [0.717, 1.165) is 6.07 Å². The summed E-state index contributed by atoms with van der Waals surface area (Å²) in [6.45, 7) is 1.58. The fraction of sp³-hybridized carbons (Fsp3) is 0.333.